The Morgan fingerprint density at radius 1 is 1.44 bits per heavy atom. The van der Waals surface area contributed by atoms with Crippen LogP contribution in [0.25, 0.3) is 0 Å². The maximum absolute atomic E-state index is 11.6. The molecular weight excluding hydrogens is 232 g/mol. The van der Waals surface area contributed by atoms with Crippen molar-refractivity contribution in [3.63, 3.8) is 0 Å². The van der Waals surface area contributed by atoms with E-state index in [0.717, 1.165) is 12.8 Å². The predicted molar refractivity (Wildman–Crippen MR) is 66.2 cm³/mol. The number of nitrogens with two attached hydrogens (primary N) is 1. The molecule has 0 aliphatic heterocycles. The first kappa shape index (κ1) is 12.8. The molecule has 0 bridgehead atoms. The van der Waals surface area contributed by atoms with E-state index in [4.69, 9.17) is 10.5 Å². The summed E-state index contributed by atoms with van der Waals surface area (Å²) in [6, 6.07) is 3.31. The van der Waals surface area contributed by atoms with Gasteiger partial charge in [-0.05, 0) is 31.4 Å². The zero-order valence-corrected chi connectivity index (χ0v) is 10.7. The van der Waals surface area contributed by atoms with Crippen LogP contribution < -0.4 is 10.5 Å². The van der Waals surface area contributed by atoms with Crippen LogP contribution in [-0.2, 0) is 0 Å². The van der Waals surface area contributed by atoms with Crippen LogP contribution in [0.2, 0.25) is 0 Å². The molecule has 1 aliphatic carbocycles. The number of nitrogens with zero attached hydrogens (tertiary/aromatic N) is 3. The van der Waals surface area contributed by atoms with Crippen LogP contribution in [0.5, 0.6) is 5.88 Å². The second kappa shape index (κ2) is 5.30. The molecule has 0 aromatic carbocycles. The molecule has 0 atom stereocenters. The van der Waals surface area contributed by atoms with Crippen LogP contribution in [0.15, 0.2) is 12.1 Å². The first-order valence-electron chi connectivity index (χ1n) is 6.02. The molecule has 1 aliphatic rings. The van der Waals surface area contributed by atoms with Gasteiger partial charge in [0.15, 0.2) is 5.69 Å². The monoisotopic (exact) mass is 250 g/mol. The first-order valence-corrected chi connectivity index (χ1v) is 6.02. The lowest BCUT2D eigenvalue weighted by atomic mass is 9.82. The third-order valence-electron chi connectivity index (χ3n) is 3.08. The van der Waals surface area contributed by atoms with Crippen molar-refractivity contribution < 1.29 is 9.53 Å². The number of rotatable bonds is 4. The van der Waals surface area contributed by atoms with Crippen LogP contribution in [0.1, 0.15) is 23.3 Å². The Morgan fingerprint density at radius 2 is 2.17 bits per heavy atom. The molecule has 18 heavy (non-hydrogen) atoms. The highest BCUT2D eigenvalue weighted by Crippen LogP contribution is 2.29. The molecule has 1 saturated carbocycles. The Bertz CT molecular complexity index is 413. The van der Waals surface area contributed by atoms with E-state index >= 15 is 0 Å². The molecule has 0 radical (unpaired) electrons. The van der Waals surface area contributed by atoms with Gasteiger partial charge in [0.2, 0.25) is 5.88 Å². The fourth-order valence-electron chi connectivity index (χ4n) is 1.86. The van der Waals surface area contributed by atoms with Crippen LogP contribution in [-0.4, -0.2) is 47.7 Å². The third-order valence-corrected chi connectivity index (χ3v) is 3.08. The largest absolute Gasteiger partial charge is 0.473 e. The second-order valence-corrected chi connectivity index (χ2v) is 4.77. The summed E-state index contributed by atoms with van der Waals surface area (Å²) in [7, 11) is 3.35. The third kappa shape index (κ3) is 2.76. The van der Waals surface area contributed by atoms with E-state index in [9.17, 15) is 4.79 Å². The summed E-state index contributed by atoms with van der Waals surface area (Å²) in [6.07, 6.45) is 2.12. The Morgan fingerprint density at radius 3 is 2.67 bits per heavy atom. The quantitative estimate of drug-likeness (QED) is 0.831. The van der Waals surface area contributed by atoms with Gasteiger partial charge in [-0.3, -0.25) is 4.79 Å². The average Bonchev–Trinajstić information content (AvgIpc) is 2.33. The summed E-state index contributed by atoms with van der Waals surface area (Å²) in [4.78, 5) is 13.1. The van der Waals surface area contributed by atoms with Crippen LogP contribution in [0, 0.1) is 5.92 Å². The zero-order chi connectivity index (χ0) is 13.1. The summed E-state index contributed by atoms with van der Waals surface area (Å²) in [5.74, 6) is 0.865. The number of hydrogen-bond donors (Lipinski definition) is 1. The van der Waals surface area contributed by atoms with Gasteiger partial charge in [-0.15, -0.1) is 10.2 Å². The van der Waals surface area contributed by atoms with Gasteiger partial charge in [0.25, 0.3) is 5.91 Å². The highest BCUT2D eigenvalue weighted by molar-refractivity contribution is 5.91. The predicted octanol–water partition coefficient (Wildman–Crippen LogP) is 0.294. The fourth-order valence-corrected chi connectivity index (χ4v) is 1.86. The maximum Gasteiger partial charge on any atom is 0.273 e. The molecule has 2 rings (SSSR count). The van der Waals surface area contributed by atoms with Gasteiger partial charge in [0.1, 0.15) is 6.10 Å². The summed E-state index contributed by atoms with van der Waals surface area (Å²) < 4.78 is 5.62. The summed E-state index contributed by atoms with van der Waals surface area (Å²) in [6.45, 7) is 0.710. The Labute approximate surface area is 106 Å². The van der Waals surface area contributed by atoms with Gasteiger partial charge in [0, 0.05) is 20.2 Å². The molecule has 0 saturated heterocycles. The lowest BCUT2D eigenvalue weighted by molar-refractivity contribution is 0.0637. The lowest BCUT2D eigenvalue weighted by Gasteiger charge is -2.33. The molecule has 0 spiro atoms. The van der Waals surface area contributed by atoms with E-state index < -0.39 is 0 Å². The minimum atomic E-state index is -0.166. The molecule has 1 fully saturated rings. The molecule has 0 unspecified atom stereocenters. The van der Waals surface area contributed by atoms with Crippen LogP contribution in [0.4, 0.5) is 0 Å². The number of ether oxygens (including phenoxy) is 1. The Balaban J connectivity index is 1.90. The number of amides is 1. The molecule has 1 heterocycles. The van der Waals surface area contributed by atoms with Gasteiger partial charge in [-0.25, -0.2) is 0 Å². The van der Waals surface area contributed by atoms with Gasteiger partial charge in [-0.1, -0.05) is 0 Å². The van der Waals surface area contributed by atoms with E-state index in [1.54, 1.807) is 26.2 Å². The fraction of sp³-hybridized carbons (Fsp3) is 0.583. The van der Waals surface area contributed by atoms with E-state index in [1.807, 2.05) is 0 Å². The summed E-state index contributed by atoms with van der Waals surface area (Å²) in [5.41, 5.74) is 5.87. The van der Waals surface area contributed by atoms with Crippen LogP contribution in [0.3, 0.4) is 0 Å². The lowest BCUT2D eigenvalue weighted by Crippen LogP contribution is -2.38. The van der Waals surface area contributed by atoms with Crippen molar-refractivity contribution in [3.05, 3.63) is 17.8 Å². The van der Waals surface area contributed by atoms with E-state index in [-0.39, 0.29) is 12.0 Å². The van der Waals surface area contributed by atoms with Crippen LogP contribution >= 0.6 is 0 Å². The average molecular weight is 250 g/mol. The number of carbonyl (C=O) groups excluding carboxylic acids is 1. The molecule has 6 heteroatoms. The maximum atomic E-state index is 11.6. The van der Waals surface area contributed by atoms with E-state index in [0.29, 0.717) is 24.0 Å². The number of carbonyl (C=O) groups is 1. The van der Waals surface area contributed by atoms with Crippen molar-refractivity contribution in [2.75, 3.05) is 20.6 Å². The molecule has 98 valence electrons. The van der Waals surface area contributed by atoms with Crippen molar-refractivity contribution in [3.8, 4) is 5.88 Å². The van der Waals surface area contributed by atoms with Crippen molar-refractivity contribution >= 4 is 5.91 Å². The minimum Gasteiger partial charge on any atom is -0.473 e. The number of aromatic nitrogens is 2. The highest BCUT2D eigenvalue weighted by Gasteiger charge is 2.30. The van der Waals surface area contributed by atoms with Crippen molar-refractivity contribution in [2.24, 2.45) is 11.7 Å². The van der Waals surface area contributed by atoms with Gasteiger partial charge < -0.3 is 15.4 Å². The SMILES string of the molecule is CN(C)C(=O)c1ccc(OC2CC(CN)C2)nn1. The van der Waals surface area contributed by atoms with Gasteiger partial charge in [-0.2, -0.15) is 0 Å². The Hall–Kier alpha value is -1.69. The minimum absolute atomic E-state index is 0.166. The normalized spacial score (nSPS) is 22.2. The molecular formula is C12H18N4O2. The van der Waals surface area contributed by atoms with E-state index in [1.165, 1.54) is 4.90 Å². The second-order valence-electron chi connectivity index (χ2n) is 4.77. The molecule has 6 nitrogen and oxygen atoms in total. The zero-order valence-electron chi connectivity index (χ0n) is 10.7. The molecule has 1 aromatic heterocycles. The molecule has 2 N–H and O–H groups in total. The summed E-state index contributed by atoms with van der Waals surface area (Å²) in [5, 5.41) is 7.76. The summed E-state index contributed by atoms with van der Waals surface area (Å²) >= 11 is 0. The van der Waals surface area contributed by atoms with Gasteiger partial charge >= 0.3 is 0 Å². The Kier molecular flexibility index (Phi) is 3.76. The van der Waals surface area contributed by atoms with Crippen molar-refractivity contribution in [1.82, 2.24) is 15.1 Å². The van der Waals surface area contributed by atoms with Gasteiger partial charge in [0.05, 0.1) is 0 Å². The smallest absolute Gasteiger partial charge is 0.273 e. The topological polar surface area (TPSA) is 81.3 Å². The highest BCUT2D eigenvalue weighted by atomic mass is 16.5. The standard InChI is InChI=1S/C12H18N4O2/c1-16(2)12(17)10-3-4-11(15-14-10)18-9-5-8(6-9)7-13/h3-4,8-9H,5-7,13H2,1-2H3. The molecule has 1 aromatic rings. The number of hydrogen-bond acceptors (Lipinski definition) is 5. The van der Waals surface area contributed by atoms with E-state index in [2.05, 4.69) is 10.2 Å². The van der Waals surface area contributed by atoms with Crippen molar-refractivity contribution in [2.45, 2.75) is 18.9 Å². The molecule has 1 amide bonds. The van der Waals surface area contributed by atoms with Crippen molar-refractivity contribution in [1.29, 1.82) is 0 Å². The first-order chi connectivity index (χ1) is 8.60.